The van der Waals surface area contributed by atoms with Crippen LogP contribution in [0.4, 0.5) is 10.1 Å². The van der Waals surface area contributed by atoms with E-state index in [4.69, 9.17) is 5.11 Å². The Morgan fingerprint density at radius 1 is 1.10 bits per heavy atom. The first-order chi connectivity index (χ1) is 10.0. The highest BCUT2D eigenvalue weighted by Crippen LogP contribution is 2.22. The van der Waals surface area contributed by atoms with E-state index in [2.05, 4.69) is 15.9 Å². The third kappa shape index (κ3) is 3.46. The van der Waals surface area contributed by atoms with Crippen LogP contribution in [0.25, 0.3) is 0 Å². The fourth-order valence-corrected chi connectivity index (χ4v) is 2.20. The molecule has 21 heavy (non-hydrogen) atoms. The molecule has 2 aromatic rings. The molecule has 0 spiro atoms. The lowest BCUT2D eigenvalue weighted by atomic mass is 10.1. The summed E-state index contributed by atoms with van der Waals surface area (Å²) >= 11 is 3.01. The normalized spacial score (nSPS) is 10.2. The second-order valence-electron chi connectivity index (χ2n) is 4.22. The van der Waals surface area contributed by atoms with E-state index < -0.39 is 24.2 Å². The maximum atomic E-state index is 14.0. The summed E-state index contributed by atoms with van der Waals surface area (Å²) in [7, 11) is 0. The van der Waals surface area contributed by atoms with Crippen molar-refractivity contribution in [2.24, 2.45) is 0 Å². The number of hydrogen-bond acceptors (Lipinski definition) is 2. The van der Waals surface area contributed by atoms with Gasteiger partial charge in [-0.3, -0.25) is 14.5 Å². The van der Waals surface area contributed by atoms with E-state index in [1.165, 1.54) is 18.2 Å². The van der Waals surface area contributed by atoms with Crippen molar-refractivity contribution in [2.45, 2.75) is 0 Å². The average Bonchev–Trinajstić information content (AvgIpc) is 2.48. The third-order valence-electron chi connectivity index (χ3n) is 2.79. The number of halogens is 2. The van der Waals surface area contributed by atoms with Gasteiger partial charge in [0.1, 0.15) is 12.4 Å². The van der Waals surface area contributed by atoms with Gasteiger partial charge in [0.15, 0.2) is 0 Å². The van der Waals surface area contributed by atoms with Crippen LogP contribution in [0.1, 0.15) is 10.4 Å². The highest BCUT2D eigenvalue weighted by atomic mass is 79.9. The van der Waals surface area contributed by atoms with Crippen LogP contribution in [0.5, 0.6) is 0 Å². The van der Waals surface area contributed by atoms with Gasteiger partial charge in [0.2, 0.25) is 0 Å². The fraction of sp³-hybridized carbons (Fsp3) is 0.0667. The van der Waals surface area contributed by atoms with E-state index in [1.54, 1.807) is 30.3 Å². The van der Waals surface area contributed by atoms with E-state index in [0.29, 0.717) is 5.69 Å². The summed E-state index contributed by atoms with van der Waals surface area (Å²) in [4.78, 5) is 24.5. The Bertz CT molecular complexity index is 676. The summed E-state index contributed by atoms with van der Waals surface area (Å²) in [5, 5.41) is 8.97. The molecule has 4 nitrogen and oxygen atoms in total. The van der Waals surface area contributed by atoms with Crippen LogP contribution >= 0.6 is 15.9 Å². The summed E-state index contributed by atoms with van der Waals surface area (Å²) in [6, 6.07) is 12.6. The Balaban J connectivity index is 2.44. The van der Waals surface area contributed by atoms with Gasteiger partial charge in [-0.05, 0) is 40.2 Å². The number of benzene rings is 2. The minimum Gasteiger partial charge on any atom is -0.480 e. The van der Waals surface area contributed by atoms with Crippen LogP contribution in [-0.4, -0.2) is 23.5 Å². The number of amides is 1. The molecule has 0 aromatic heterocycles. The van der Waals surface area contributed by atoms with Crippen LogP contribution in [0.15, 0.2) is 53.0 Å². The molecule has 0 bridgehead atoms. The zero-order chi connectivity index (χ0) is 15.4. The summed E-state index contributed by atoms with van der Waals surface area (Å²) in [5.41, 5.74) is 0.207. The van der Waals surface area contributed by atoms with Crippen molar-refractivity contribution in [2.75, 3.05) is 11.4 Å². The molecule has 2 rings (SSSR count). The number of aliphatic carboxylic acids is 1. The molecule has 6 heteroatoms. The molecule has 2 aromatic carbocycles. The van der Waals surface area contributed by atoms with Gasteiger partial charge in [-0.2, -0.15) is 0 Å². The van der Waals surface area contributed by atoms with Crippen LogP contribution in [0.2, 0.25) is 0 Å². The first-order valence-corrected chi connectivity index (χ1v) is 6.82. The van der Waals surface area contributed by atoms with Crippen LogP contribution in [-0.2, 0) is 4.79 Å². The molecule has 0 fully saturated rings. The van der Waals surface area contributed by atoms with Crippen molar-refractivity contribution >= 4 is 33.5 Å². The molecule has 108 valence electrons. The Kier molecular flexibility index (Phi) is 4.70. The first-order valence-electron chi connectivity index (χ1n) is 6.03. The predicted molar refractivity (Wildman–Crippen MR) is 79.9 cm³/mol. The number of carbonyl (C=O) groups is 2. The molecule has 1 amide bonds. The standard InChI is InChI=1S/C15H11BrFNO3/c16-12-8-4-7-11(14(12)17)15(21)18(9-13(19)20)10-5-2-1-3-6-10/h1-8H,9H2,(H,19,20). The zero-order valence-corrected chi connectivity index (χ0v) is 12.4. The Labute approximate surface area is 128 Å². The topological polar surface area (TPSA) is 57.6 Å². The van der Waals surface area contributed by atoms with Gasteiger partial charge in [0.05, 0.1) is 10.0 Å². The van der Waals surface area contributed by atoms with Gasteiger partial charge in [-0.1, -0.05) is 24.3 Å². The summed E-state index contributed by atoms with van der Waals surface area (Å²) < 4.78 is 14.2. The van der Waals surface area contributed by atoms with E-state index >= 15 is 0 Å². The number of anilines is 1. The van der Waals surface area contributed by atoms with Gasteiger partial charge in [0.25, 0.3) is 5.91 Å². The molecule has 0 radical (unpaired) electrons. The number of carboxylic acid groups (broad SMARTS) is 1. The number of rotatable bonds is 4. The first kappa shape index (κ1) is 15.2. The lowest BCUT2D eigenvalue weighted by Crippen LogP contribution is -2.36. The highest BCUT2D eigenvalue weighted by Gasteiger charge is 2.23. The van der Waals surface area contributed by atoms with Gasteiger partial charge in [0, 0.05) is 5.69 Å². The lowest BCUT2D eigenvalue weighted by Gasteiger charge is -2.21. The molecule has 0 heterocycles. The SMILES string of the molecule is O=C(O)CN(C(=O)c1cccc(Br)c1F)c1ccccc1. The molecule has 0 atom stereocenters. The molecule has 0 unspecified atom stereocenters. The minimum atomic E-state index is -1.18. The average molecular weight is 352 g/mol. The predicted octanol–water partition coefficient (Wildman–Crippen LogP) is 3.32. The maximum Gasteiger partial charge on any atom is 0.323 e. The van der Waals surface area contributed by atoms with Crippen molar-refractivity contribution in [3.8, 4) is 0 Å². The quantitative estimate of drug-likeness (QED) is 0.919. The third-order valence-corrected chi connectivity index (χ3v) is 3.40. The van der Waals surface area contributed by atoms with Crippen LogP contribution in [0, 0.1) is 5.82 Å². The van der Waals surface area contributed by atoms with Gasteiger partial charge < -0.3 is 5.11 Å². The Hall–Kier alpha value is -2.21. The van der Waals surface area contributed by atoms with E-state index in [9.17, 15) is 14.0 Å². The molecule has 0 aliphatic rings. The number of carbonyl (C=O) groups excluding carboxylic acids is 1. The Morgan fingerprint density at radius 2 is 1.76 bits per heavy atom. The van der Waals surface area contributed by atoms with E-state index in [-0.39, 0.29) is 10.0 Å². The second-order valence-corrected chi connectivity index (χ2v) is 5.08. The molecular formula is C15H11BrFNO3. The molecular weight excluding hydrogens is 341 g/mol. The van der Waals surface area contributed by atoms with E-state index in [1.807, 2.05) is 0 Å². The molecule has 0 aliphatic heterocycles. The van der Waals surface area contributed by atoms with Crippen molar-refractivity contribution in [3.05, 3.63) is 64.4 Å². The molecule has 0 aliphatic carbocycles. The molecule has 1 N–H and O–H groups in total. The smallest absolute Gasteiger partial charge is 0.323 e. The summed E-state index contributed by atoms with van der Waals surface area (Å²) in [5.74, 6) is -2.60. The van der Waals surface area contributed by atoms with Crippen LogP contribution in [0.3, 0.4) is 0 Å². The number of nitrogens with zero attached hydrogens (tertiary/aromatic N) is 1. The second kappa shape index (κ2) is 6.49. The van der Waals surface area contributed by atoms with Crippen molar-refractivity contribution < 1.29 is 19.1 Å². The monoisotopic (exact) mass is 351 g/mol. The van der Waals surface area contributed by atoms with Crippen LogP contribution < -0.4 is 4.90 Å². The maximum absolute atomic E-state index is 14.0. The van der Waals surface area contributed by atoms with Gasteiger partial charge in [-0.25, -0.2) is 4.39 Å². The number of hydrogen-bond donors (Lipinski definition) is 1. The summed E-state index contributed by atoms with van der Waals surface area (Å²) in [6.07, 6.45) is 0. The minimum absolute atomic E-state index is 0.150. The number of carboxylic acids is 1. The van der Waals surface area contributed by atoms with Crippen molar-refractivity contribution in [3.63, 3.8) is 0 Å². The molecule has 0 saturated carbocycles. The zero-order valence-electron chi connectivity index (χ0n) is 10.8. The van der Waals surface area contributed by atoms with Crippen molar-refractivity contribution in [1.82, 2.24) is 0 Å². The largest absolute Gasteiger partial charge is 0.480 e. The molecule has 0 saturated heterocycles. The highest BCUT2D eigenvalue weighted by molar-refractivity contribution is 9.10. The number of para-hydroxylation sites is 1. The fourth-order valence-electron chi connectivity index (χ4n) is 1.84. The van der Waals surface area contributed by atoms with Gasteiger partial charge >= 0.3 is 5.97 Å². The lowest BCUT2D eigenvalue weighted by molar-refractivity contribution is -0.135. The van der Waals surface area contributed by atoms with Crippen molar-refractivity contribution in [1.29, 1.82) is 0 Å². The van der Waals surface area contributed by atoms with E-state index in [0.717, 1.165) is 4.90 Å². The van der Waals surface area contributed by atoms with Gasteiger partial charge in [-0.15, -0.1) is 0 Å². The summed E-state index contributed by atoms with van der Waals surface area (Å²) in [6.45, 7) is -0.547. The Morgan fingerprint density at radius 3 is 2.38 bits per heavy atom.